The molecule has 1 N–H and O–H groups in total. The van der Waals surface area contributed by atoms with E-state index in [0.717, 1.165) is 38.4 Å². The van der Waals surface area contributed by atoms with Crippen molar-refractivity contribution in [3.05, 3.63) is 0 Å². The van der Waals surface area contributed by atoms with Gasteiger partial charge in [0.25, 0.3) is 0 Å². The molecule has 25 heavy (non-hydrogen) atoms. The number of carbonyl (C=O) groups excluding carboxylic acids is 1. The minimum atomic E-state index is -2.86. The zero-order valence-electron chi connectivity index (χ0n) is 15.3. The normalized spacial score (nSPS) is 30.5. The minimum Gasteiger partial charge on any atom is -0.354 e. The first-order chi connectivity index (χ1) is 11.9. The molecule has 0 aliphatic carbocycles. The maximum absolute atomic E-state index is 11.9. The number of nitrogens with one attached hydrogen (secondary N) is 1. The first-order valence-electron chi connectivity index (χ1n) is 9.43. The quantitative estimate of drug-likeness (QED) is 0.575. The van der Waals surface area contributed by atoms with Crippen molar-refractivity contribution in [2.24, 2.45) is 10.9 Å². The summed E-state index contributed by atoms with van der Waals surface area (Å²) in [4.78, 5) is 20.9. The van der Waals surface area contributed by atoms with Crippen molar-refractivity contribution in [1.29, 1.82) is 0 Å². The van der Waals surface area contributed by atoms with Crippen LogP contribution in [0.3, 0.4) is 0 Å². The Morgan fingerprint density at radius 1 is 1.36 bits per heavy atom. The molecule has 3 aliphatic heterocycles. The smallest absolute Gasteiger partial charge is 0.223 e. The van der Waals surface area contributed by atoms with Crippen molar-refractivity contribution in [1.82, 2.24) is 15.1 Å². The van der Waals surface area contributed by atoms with E-state index in [2.05, 4.69) is 24.1 Å². The van der Waals surface area contributed by atoms with E-state index in [1.54, 1.807) is 0 Å². The lowest BCUT2D eigenvalue weighted by Crippen LogP contribution is -2.57. The van der Waals surface area contributed by atoms with Crippen LogP contribution < -0.4 is 5.32 Å². The zero-order chi connectivity index (χ0) is 18.0. The molecule has 7 nitrogen and oxygen atoms in total. The predicted octanol–water partition coefficient (Wildman–Crippen LogP) is 0.472. The molecule has 3 atom stereocenters. The molecule has 3 unspecified atom stereocenters. The SMILES string of the molecule is CCC(C)NC(=NCC1CCS(=O)(=O)C1)N1CCN2C(=O)CCC2C1. The molecule has 0 saturated carbocycles. The Morgan fingerprint density at radius 2 is 2.16 bits per heavy atom. The van der Waals surface area contributed by atoms with E-state index >= 15 is 0 Å². The molecular weight excluding hydrogens is 340 g/mol. The molecule has 1 amide bonds. The number of guanidine groups is 1. The number of rotatable bonds is 4. The molecule has 3 fully saturated rings. The number of fused-ring (bicyclic) bond motifs is 1. The van der Waals surface area contributed by atoms with Gasteiger partial charge < -0.3 is 15.1 Å². The number of sulfone groups is 1. The van der Waals surface area contributed by atoms with Crippen LogP contribution in [-0.4, -0.2) is 79.9 Å². The van der Waals surface area contributed by atoms with Crippen molar-refractivity contribution in [2.75, 3.05) is 37.7 Å². The summed E-state index contributed by atoms with van der Waals surface area (Å²) in [7, 11) is -2.86. The summed E-state index contributed by atoms with van der Waals surface area (Å²) in [6.45, 7) is 7.17. The first kappa shape index (κ1) is 18.5. The van der Waals surface area contributed by atoms with Gasteiger partial charge in [0.1, 0.15) is 0 Å². The molecule has 0 aromatic heterocycles. The molecule has 3 heterocycles. The average Bonchev–Trinajstić information content (AvgIpc) is 3.13. The summed E-state index contributed by atoms with van der Waals surface area (Å²) in [6, 6.07) is 0.603. The molecule has 0 spiro atoms. The van der Waals surface area contributed by atoms with E-state index in [0.29, 0.717) is 31.2 Å². The van der Waals surface area contributed by atoms with Gasteiger partial charge in [-0.25, -0.2) is 8.42 Å². The van der Waals surface area contributed by atoms with E-state index in [-0.39, 0.29) is 23.6 Å². The largest absolute Gasteiger partial charge is 0.354 e. The van der Waals surface area contributed by atoms with Crippen molar-refractivity contribution < 1.29 is 13.2 Å². The van der Waals surface area contributed by atoms with Crippen LogP contribution in [0.15, 0.2) is 4.99 Å². The zero-order valence-corrected chi connectivity index (χ0v) is 16.1. The van der Waals surface area contributed by atoms with Crippen LogP contribution in [0.25, 0.3) is 0 Å². The topological polar surface area (TPSA) is 82.1 Å². The molecule has 3 saturated heterocycles. The Morgan fingerprint density at radius 3 is 2.84 bits per heavy atom. The van der Waals surface area contributed by atoms with E-state index in [4.69, 9.17) is 4.99 Å². The van der Waals surface area contributed by atoms with Crippen molar-refractivity contribution in [2.45, 2.75) is 51.6 Å². The summed E-state index contributed by atoms with van der Waals surface area (Å²) >= 11 is 0. The second kappa shape index (κ2) is 7.51. The lowest BCUT2D eigenvalue weighted by atomic mass is 10.1. The Balaban J connectivity index is 1.67. The van der Waals surface area contributed by atoms with Crippen LogP contribution in [-0.2, 0) is 14.6 Å². The third kappa shape index (κ3) is 4.46. The average molecular weight is 371 g/mol. The van der Waals surface area contributed by atoms with E-state index < -0.39 is 9.84 Å². The number of hydrogen-bond acceptors (Lipinski definition) is 4. The van der Waals surface area contributed by atoms with Crippen molar-refractivity contribution in [3.8, 4) is 0 Å². The molecule has 142 valence electrons. The van der Waals surface area contributed by atoms with Gasteiger partial charge in [-0.2, -0.15) is 0 Å². The van der Waals surface area contributed by atoms with Crippen LogP contribution in [0.1, 0.15) is 39.5 Å². The second-order valence-electron chi connectivity index (χ2n) is 7.61. The number of carbonyl (C=O) groups is 1. The summed E-state index contributed by atoms with van der Waals surface area (Å²) in [6.07, 6.45) is 3.29. The highest BCUT2D eigenvalue weighted by molar-refractivity contribution is 7.91. The monoisotopic (exact) mass is 370 g/mol. The molecule has 0 aromatic carbocycles. The highest BCUT2D eigenvalue weighted by atomic mass is 32.2. The number of aliphatic imine (C=N–C) groups is 1. The molecule has 0 bridgehead atoms. The van der Waals surface area contributed by atoms with Gasteiger partial charge in [-0.05, 0) is 32.1 Å². The van der Waals surface area contributed by atoms with Gasteiger partial charge in [0.2, 0.25) is 5.91 Å². The third-order valence-electron chi connectivity index (χ3n) is 5.61. The van der Waals surface area contributed by atoms with Gasteiger partial charge >= 0.3 is 0 Å². The van der Waals surface area contributed by atoms with Crippen LogP contribution in [0.2, 0.25) is 0 Å². The van der Waals surface area contributed by atoms with Gasteiger partial charge in [-0.1, -0.05) is 6.92 Å². The Labute approximate surface area is 150 Å². The maximum atomic E-state index is 11.9. The standard InChI is InChI=1S/C17H30N4O3S/c1-3-13(2)19-17(18-10-14-6-9-25(23,24)12-14)20-7-8-21-15(11-20)4-5-16(21)22/h13-15H,3-12H2,1-2H3,(H,18,19). The Bertz CT molecular complexity index is 634. The van der Waals surface area contributed by atoms with E-state index in [1.807, 2.05) is 4.90 Å². The molecular formula is C17H30N4O3S. The van der Waals surface area contributed by atoms with Gasteiger partial charge in [0.05, 0.1) is 11.5 Å². The molecule has 0 radical (unpaired) electrons. The summed E-state index contributed by atoms with van der Waals surface area (Å²) in [5, 5.41) is 3.50. The number of nitrogens with zero attached hydrogens (tertiary/aromatic N) is 3. The number of piperazine rings is 1. The third-order valence-corrected chi connectivity index (χ3v) is 7.44. The summed E-state index contributed by atoms with van der Waals surface area (Å²) in [5.74, 6) is 1.84. The van der Waals surface area contributed by atoms with Gasteiger partial charge in [0, 0.05) is 44.7 Å². The fraction of sp³-hybridized carbons (Fsp3) is 0.882. The highest BCUT2D eigenvalue weighted by Crippen LogP contribution is 2.23. The Kier molecular flexibility index (Phi) is 5.55. The number of amides is 1. The van der Waals surface area contributed by atoms with Crippen LogP contribution >= 0.6 is 0 Å². The second-order valence-corrected chi connectivity index (χ2v) is 9.84. The van der Waals surface area contributed by atoms with Crippen LogP contribution in [0.4, 0.5) is 0 Å². The molecule has 3 aliphatic rings. The maximum Gasteiger partial charge on any atom is 0.223 e. The summed E-state index contributed by atoms with van der Waals surface area (Å²) < 4.78 is 23.3. The lowest BCUT2D eigenvalue weighted by Gasteiger charge is -2.39. The fourth-order valence-corrected chi connectivity index (χ4v) is 5.70. The molecule has 0 aromatic rings. The van der Waals surface area contributed by atoms with Crippen LogP contribution in [0.5, 0.6) is 0 Å². The van der Waals surface area contributed by atoms with Crippen LogP contribution in [0, 0.1) is 5.92 Å². The highest BCUT2D eigenvalue weighted by Gasteiger charge is 2.36. The number of hydrogen-bond donors (Lipinski definition) is 1. The van der Waals surface area contributed by atoms with E-state index in [9.17, 15) is 13.2 Å². The van der Waals surface area contributed by atoms with Crippen molar-refractivity contribution >= 4 is 21.7 Å². The first-order valence-corrected chi connectivity index (χ1v) is 11.3. The Hall–Kier alpha value is -1.31. The van der Waals surface area contributed by atoms with Crippen molar-refractivity contribution in [3.63, 3.8) is 0 Å². The van der Waals surface area contributed by atoms with Gasteiger partial charge in [-0.15, -0.1) is 0 Å². The summed E-state index contributed by atoms with van der Waals surface area (Å²) in [5.41, 5.74) is 0. The molecule has 8 heteroatoms. The minimum absolute atomic E-state index is 0.132. The predicted molar refractivity (Wildman–Crippen MR) is 98.3 cm³/mol. The van der Waals surface area contributed by atoms with Gasteiger partial charge in [0.15, 0.2) is 15.8 Å². The molecule has 3 rings (SSSR count). The van der Waals surface area contributed by atoms with E-state index in [1.165, 1.54) is 0 Å². The lowest BCUT2D eigenvalue weighted by molar-refractivity contribution is -0.130. The fourth-order valence-electron chi connectivity index (χ4n) is 3.85. The van der Waals surface area contributed by atoms with Gasteiger partial charge in [-0.3, -0.25) is 9.79 Å².